The Hall–Kier alpha value is -2.17. The van der Waals surface area contributed by atoms with Crippen LogP contribution in [-0.2, 0) is 6.54 Å². The Morgan fingerprint density at radius 3 is 2.08 bits per heavy atom. The zero-order valence-electron chi connectivity index (χ0n) is 14.0. The second kappa shape index (κ2) is 7.81. The summed E-state index contributed by atoms with van der Waals surface area (Å²) >= 11 is 5.87. The lowest BCUT2D eigenvalue weighted by Crippen LogP contribution is -2.40. The molecule has 1 amide bonds. The van der Waals surface area contributed by atoms with Gasteiger partial charge in [0.2, 0.25) is 0 Å². The van der Waals surface area contributed by atoms with E-state index in [1.165, 1.54) is 0 Å². The molecule has 0 atom stereocenters. The highest BCUT2D eigenvalue weighted by Gasteiger charge is 2.28. The molecular weight excluding hydrogens is 336 g/mol. The second-order valence-electron chi connectivity index (χ2n) is 6.34. The maximum atomic E-state index is 12.6. The van der Waals surface area contributed by atoms with Gasteiger partial charge in [0, 0.05) is 41.7 Å². The molecule has 1 fully saturated rings. The fraction of sp³-hybridized carbons (Fsp3) is 0.300. The van der Waals surface area contributed by atoms with E-state index in [9.17, 15) is 9.59 Å². The molecule has 25 heavy (non-hydrogen) atoms. The molecule has 4 nitrogen and oxygen atoms in total. The molecule has 2 N–H and O–H groups in total. The maximum absolute atomic E-state index is 12.6. The minimum Gasteiger partial charge on any atom is -0.339 e. The van der Waals surface area contributed by atoms with Crippen LogP contribution in [0, 0.1) is 5.92 Å². The average molecular weight is 357 g/mol. The predicted octanol–water partition coefficient (Wildman–Crippen LogP) is 3.53. The van der Waals surface area contributed by atoms with Gasteiger partial charge in [-0.15, -0.1) is 0 Å². The van der Waals surface area contributed by atoms with Gasteiger partial charge in [0.05, 0.1) is 0 Å². The summed E-state index contributed by atoms with van der Waals surface area (Å²) in [6.07, 6.45) is 1.38. The first kappa shape index (κ1) is 17.6. The van der Waals surface area contributed by atoms with E-state index in [1.807, 2.05) is 29.2 Å². The van der Waals surface area contributed by atoms with E-state index >= 15 is 0 Å². The number of nitrogens with two attached hydrogens (primary N) is 1. The Bertz CT molecular complexity index is 748. The molecule has 1 saturated heterocycles. The van der Waals surface area contributed by atoms with Crippen molar-refractivity contribution >= 4 is 23.3 Å². The molecule has 5 heteroatoms. The van der Waals surface area contributed by atoms with Crippen molar-refractivity contribution in [3.8, 4) is 0 Å². The van der Waals surface area contributed by atoms with E-state index in [0.717, 1.165) is 5.56 Å². The Labute approximate surface area is 152 Å². The number of likely N-dealkylation sites (tertiary alicyclic amines) is 1. The number of rotatable bonds is 4. The fourth-order valence-electron chi connectivity index (χ4n) is 3.16. The molecule has 1 aliphatic heterocycles. The summed E-state index contributed by atoms with van der Waals surface area (Å²) in [5.74, 6) is 0.113. The van der Waals surface area contributed by atoms with Crippen LogP contribution in [0.15, 0.2) is 48.5 Å². The number of amides is 1. The number of nitrogens with zero attached hydrogens (tertiary/aromatic N) is 1. The van der Waals surface area contributed by atoms with Gasteiger partial charge in [-0.3, -0.25) is 9.59 Å². The van der Waals surface area contributed by atoms with Crippen molar-refractivity contribution in [3.05, 3.63) is 70.2 Å². The van der Waals surface area contributed by atoms with Crippen LogP contribution in [-0.4, -0.2) is 29.7 Å². The van der Waals surface area contributed by atoms with Crippen molar-refractivity contribution in [1.82, 2.24) is 4.90 Å². The molecule has 130 valence electrons. The molecule has 0 bridgehead atoms. The van der Waals surface area contributed by atoms with Gasteiger partial charge in [0.25, 0.3) is 5.91 Å². The quantitative estimate of drug-likeness (QED) is 0.852. The van der Waals surface area contributed by atoms with Gasteiger partial charge in [-0.25, -0.2) is 0 Å². The number of hydrogen-bond donors (Lipinski definition) is 1. The number of carbonyl (C=O) groups is 2. The lowest BCUT2D eigenvalue weighted by atomic mass is 9.88. The summed E-state index contributed by atoms with van der Waals surface area (Å²) < 4.78 is 0. The van der Waals surface area contributed by atoms with Crippen molar-refractivity contribution in [1.29, 1.82) is 0 Å². The Morgan fingerprint density at radius 2 is 1.52 bits per heavy atom. The first-order valence-corrected chi connectivity index (χ1v) is 8.84. The number of piperidine rings is 1. The van der Waals surface area contributed by atoms with Crippen molar-refractivity contribution in [2.75, 3.05) is 13.1 Å². The van der Waals surface area contributed by atoms with Gasteiger partial charge in [0.15, 0.2) is 5.78 Å². The molecule has 0 aliphatic carbocycles. The topological polar surface area (TPSA) is 63.4 Å². The fourth-order valence-corrected chi connectivity index (χ4v) is 3.29. The highest BCUT2D eigenvalue weighted by molar-refractivity contribution is 6.30. The minimum atomic E-state index is -0.0372. The van der Waals surface area contributed by atoms with Gasteiger partial charge in [-0.05, 0) is 54.8 Å². The van der Waals surface area contributed by atoms with Crippen LogP contribution in [0.4, 0.5) is 0 Å². The molecule has 1 aliphatic rings. The molecular formula is C20H21ClN2O2. The van der Waals surface area contributed by atoms with Crippen LogP contribution >= 0.6 is 11.6 Å². The largest absolute Gasteiger partial charge is 0.339 e. The van der Waals surface area contributed by atoms with Crippen LogP contribution in [0.1, 0.15) is 39.1 Å². The van der Waals surface area contributed by atoms with Gasteiger partial charge >= 0.3 is 0 Å². The van der Waals surface area contributed by atoms with Crippen LogP contribution in [0.2, 0.25) is 5.02 Å². The Morgan fingerprint density at radius 1 is 0.960 bits per heavy atom. The standard InChI is InChI=1S/C20H21ClN2O2/c21-18-7-5-15(6-8-18)19(24)16-9-11-23(12-10-16)20(25)17-3-1-14(13-22)2-4-17/h1-8,16H,9-13,22H2. The average Bonchev–Trinajstić information content (AvgIpc) is 2.67. The van der Waals surface area contributed by atoms with E-state index in [4.69, 9.17) is 17.3 Å². The molecule has 0 saturated carbocycles. The van der Waals surface area contributed by atoms with Crippen LogP contribution in [0.25, 0.3) is 0 Å². The van der Waals surface area contributed by atoms with Crippen molar-refractivity contribution in [2.24, 2.45) is 11.7 Å². The second-order valence-corrected chi connectivity index (χ2v) is 6.78. The van der Waals surface area contributed by atoms with Crippen LogP contribution in [0.3, 0.4) is 0 Å². The number of halogens is 1. The van der Waals surface area contributed by atoms with Crippen molar-refractivity contribution in [3.63, 3.8) is 0 Å². The summed E-state index contributed by atoms with van der Waals surface area (Å²) in [6.45, 7) is 1.66. The molecule has 0 radical (unpaired) electrons. The molecule has 2 aromatic carbocycles. The molecule has 0 aromatic heterocycles. The predicted molar refractivity (Wildman–Crippen MR) is 98.7 cm³/mol. The van der Waals surface area contributed by atoms with Crippen molar-refractivity contribution < 1.29 is 9.59 Å². The highest BCUT2D eigenvalue weighted by atomic mass is 35.5. The summed E-state index contributed by atoms with van der Waals surface area (Å²) in [4.78, 5) is 27.0. The SMILES string of the molecule is NCc1ccc(C(=O)N2CCC(C(=O)c3ccc(Cl)cc3)CC2)cc1. The zero-order valence-corrected chi connectivity index (χ0v) is 14.7. The first-order chi connectivity index (χ1) is 12.1. The number of benzene rings is 2. The van der Waals surface area contributed by atoms with Gasteiger partial charge in [-0.1, -0.05) is 23.7 Å². The van der Waals surface area contributed by atoms with Crippen molar-refractivity contribution in [2.45, 2.75) is 19.4 Å². The van der Waals surface area contributed by atoms with E-state index in [-0.39, 0.29) is 17.6 Å². The molecule has 1 heterocycles. The molecule has 0 unspecified atom stereocenters. The van der Waals surface area contributed by atoms with E-state index in [2.05, 4.69) is 0 Å². The van der Waals surface area contributed by atoms with Gasteiger partial charge in [-0.2, -0.15) is 0 Å². The minimum absolute atomic E-state index is 0.0148. The number of hydrogen-bond acceptors (Lipinski definition) is 3. The maximum Gasteiger partial charge on any atom is 0.253 e. The molecule has 3 rings (SSSR count). The number of Topliss-reactive ketones (excluding diaryl/α,β-unsaturated/α-hetero) is 1. The van der Waals surface area contributed by atoms with E-state index in [1.54, 1.807) is 24.3 Å². The molecule has 2 aromatic rings. The highest BCUT2D eigenvalue weighted by Crippen LogP contribution is 2.24. The first-order valence-electron chi connectivity index (χ1n) is 8.46. The number of carbonyl (C=O) groups excluding carboxylic acids is 2. The third-order valence-electron chi connectivity index (χ3n) is 4.72. The zero-order chi connectivity index (χ0) is 17.8. The van der Waals surface area contributed by atoms with E-state index < -0.39 is 0 Å². The summed E-state index contributed by atoms with van der Waals surface area (Å²) in [7, 11) is 0. The Balaban J connectivity index is 1.60. The Kier molecular flexibility index (Phi) is 5.51. The van der Waals surface area contributed by atoms with Crippen LogP contribution in [0.5, 0.6) is 0 Å². The summed E-state index contributed by atoms with van der Waals surface area (Å²) in [6, 6.07) is 14.4. The normalized spacial score (nSPS) is 15.2. The van der Waals surface area contributed by atoms with E-state index in [0.29, 0.717) is 48.6 Å². The molecule has 0 spiro atoms. The third-order valence-corrected chi connectivity index (χ3v) is 4.97. The lowest BCUT2D eigenvalue weighted by Gasteiger charge is -2.31. The third kappa shape index (κ3) is 4.09. The lowest BCUT2D eigenvalue weighted by molar-refractivity contribution is 0.0650. The summed E-state index contributed by atoms with van der Waals surface area (Å²) in [5, 5.41) is 0.623. The number of ketones is 1. The van der Waals surface area contributed by atoms with Gasteiger partial charge < -0.3 is 10.6 Å². The summed E-state index contributed by atoms with van der Waals surface area (Å²) in [5.41, 5.74) is 7.94. The van der Waals surface area contributed by atoms with Gasteiger partial charge in [0.1, 0.15) is 0 Å². The van der Waals surface area contributed by atoms with Crippen LogP contribution < -0.4 is 5.73 Å². The smallest absolute Gasteiger partial charge is 0.253 e. The monoisotopic (exact) mass is 356 g/mol.